The second-order valence-corrected chi connectivity index (χ2v) is 6.68. The Morgan fingerprint density at radius 2 is 1.74 bits per heavy atom. The summed E-state index contributed by atoms with van der Waals surface area (Å²) < 4.78 is 3.11. The van der Waals surface area contributed by atoms with Crippen LogP contribution < -0.4 is 5.56 Å². The molecule has 4 aromatic rings. The summed E-state index contributed by atoms with van der Waals surface area (Å²) in [6.45, 7) is 0.407. The van der Waals surface area contributed by atoms with Gasteiger partial charge in [-0.2, -0.15) is 5.10 Å². The fraction of sp³-hybridized carbons (Fsp3) is 0.190. The number of aromatic nitrogens is 3. The van der Waals surface area contributed by atoms with Gasteiger partial charge in [0.15, 0.2) is 0 Å². The average molecular weight is 360 g/mol. The molecule has 0 N–H and O–H groups in total. The van der Waals surface area contributed by atoms with E-state index in [1.54, 1.807) is 18.1 Å². The summed E-state index contributed by atoms with van der Waals surface area (Å²) in [5.41, 5.74) is 2.31. The Labute approximate surface area is 156 Å². The quantitative estimate of drug-likeness (QED) is 0.562. The zero-order valence-corrected chi connectivity index (χ0v) is 15.3. The molecule has 6 nitrogen and oxygen atoms in total. The molecule has 2 heterocycles. The largest absolute Gasteiger partial charge is 0.340 e. The van der Waals surface area contributed by atoms with Crippen molar-refractivity contribution < 1.29 is 4.79 Å². The number of benzene rings is 2. The van der Waals surface area contributed by atoms with Crippen molar-refractivity contribution in [3.63, 3.8) is 0 Å². The van der Waals surface area contributed by atoms with E-state index < -0.39 is 0 Å². The van der Waals surface area contributed by atoms with Gasteiger partial charge < -0.3 is 9.47 Å². The van der Waals surface area contributed by atoms with Crippen LogP contribution in [0.1, 0.15) is 5.56 Å². The lowest BCUT2D eigenvalue weighted by molar-refractivity contribution is -0.131. The van der Waals surface area contributed by atoms with Crippen molar-refractivity contribution >= 4 is 27.7 Å². The molecule has 2 aromatic carbocycles. The van der Waals surface area contributed by atoms with Crippen LogP contribution in [0.2, 0.25) is 0 Å². The van der Waals surface area contributed by atoms with Crippen LogP contribution >= 0.6 is 0 Å². The molecule has 2 aromatic heterocycles. The molecule has 0 aliphatic heterocycles. The smallest absolute Gasteiger partial charge is 0.291 e. The number of likely N-dealkylation sites (N-methyl/N-ethyl adjacent to an activating group) is 1. The molecule has 6 heteroatoms. The fourth-order valence-electron chi connectivity index (χ4n) is 3.42. The molecule has 0 spiro atoms. The van der Waals surface area contributed by atoms with Gasteiger partial charge in [-0.1, -0.05) is 48.5 Å². The zero-order chi connectivity index (χ0) is 19.0. The number of carbonyl (C=O) groups excluding carboxylic acids is 1. The number of fused-ring (bicyclic) bond motifs is 3. The van der Waals surface area contributed by atoms with E-state index in [9.17, 15) is 9.59 Å². The summed E-state index contributed by atoms with van der Waals surface area (Å²) in [7, 11) is 3.59. The molecule has 0 aliphatic rings. The van der Waals surface area contributed by atoms with Crippen LogP contribution in [0.4, 0.5) is 0 Å². The summed E-state index contributed by atoms with van der Waals surface area (Å²) in [6.07, 6.45) is 1.67. The van der Waals surface area contributed by atoms with Crippen LogP contribution in [0, 0.1) is 0 Å². The first-order chi connectivity index (χ1) is 13.1. The van der Waals surface area contributed by atoms with E-state index >= 15 is 0 Å². The molecule has 0 saturated carbocycles. The number of para-hydroxylation sites is 1. The van der Waals surface area contributed by atoms with Gasteiger partial charge in [0, 0.05) is 36.9 Å². The van der Waals surface area contributed by atoms with E-state index in [4.69, 9.17) is 0 Å². The molecule has 27 heavy (non-hydrogen) atoms. The number of aryl methyl sites for hydroxylation is 1. The van der Waals surface area contributed by atoms with Crippen molar-refractivity contribution in [2.24, 2.45) is 7.05 Å². The highest BCUT2D eigenvalue weighted by atomic mass is 16.2. The first-order valence-electron chi connectivity index (χ1n) is 8.77. The van der Waals surface area contributed by atoms with Gasteiger partial charge in [-0.15, -0.1) is 0 Å². The predicted molar refractivity (Wildman–Crippen MR) is 105 cm³/mol. The van der Waals surface area contributed by atoms with E-state index in [2.05, 4.69) is 5.10 Å². The Morgan fingerprint density at radius 3 is 2.52 bits per heavy atom. The summed E-state index contributed by atoms with van der Waals surface area (Å²) in [6, 6.07) is 17.6. The second kappa shape index (κ2) is 6.72. The lowest BCUT2D eigenvalue weighted by Gasteiger charge is -2.17. The Hall–Kier alpha value is -3.41. The lowest BCUT2D eigenvalue weighted by atomic mass is 10.2. The third kappa shape index (κ3) is 2.99. The van der Waals surface area contributed by atoms with Gasteiger partial charge in [-0.05, 0) is 11.6 Å². The molecule has 4 rings (SSSR count). The summed E-state index contributed by atoms with van der Waals surface area (Å²) in [5, 5.41) is 6.03. The molecular formula is C21H20N4O2. The number of hydrogen-bond donors (Lipinski definition) is 0. The molecule has 0 saturated heterocycles. The van der Waals surface area contributed by atoms with Crippen LogP contribution in [0.15, 0.2) is 65.6 Å². The van der Waals surface area contributed by atoms with E-state index in [0.717, 1.165) is 21.9 Å². The summed E-state index contributed by atoms with van der Waals surface area (Å²) >= 11 is 0. The highest BCUT2D eigenvalue weighted by Gasteiger charge is 2.16. The van der Waals surface area contributed by atoms with Gasteiger partial charge in [-0.3, -0.25) is 9.59 Å². The van der Waals surface area contributed by atoms with Crippen molar-refractivity contribution in [3.8, 4) is 0 Å². The van der Waals surface area contributed by atoms with Gasteiger partial charge in [0.05, 0.1) is 6.20 Å². The lowest BCUT2D eigenvalue weighted by Crippen LogP contribution is -2.35. The highest BCUT2D eigenvalue weighted by molar-refractivity contribution is 6.07. The van der Waals surface area contributed by atoms with Gasteiger partial charge >= 0.3 is 0 Å². The van der Waals surface area contributed by atoms with Crippen LogP contribution in [0.5, 0.6) is 0 Å². The molecule has 0 fully saturated rings. The third-order valence-electron chi connectivity index (χ3n) is 4.88. The average Bonchev–Trinajstić information content (AvgIpc) is 2.98. The Kier molecular flexibility index (Phi) is 4.24. The van der Waals surface area contributed by atoms with Crippen molar-refractivity contribution in [1.82, 2.24) is 19.2 Å². The summed E-state index contributed by atoms with van der Waals surface area (Å²) in [4.78, 5) is 27.1. The number of amides is 1. The van der Waals surface area contributed by atoms with Crippen LogP contribution in [0.3, 0.4) is 0 Å². The number of nitrogens with zero attached hydrogens (tertiary/aromatic N) is 4. The maximum absolute atomic E-state index is 12.9. The number of carbonyl (C=O) groups is 1. The molecule has 136 valence electrons. The molecule has 1 amide bonds. The van der Waals surface area contributed by atoms with E-state index in [1.807, 2.05) is 66.2 Å². The topological polar surface area (TPSA) is 60.1 Å². The molecule has 0 radical (unpaired) electrons. The van der Waals surface area contributed by atoms with Crippen LogP contribution in [0.25, 0.3) is 21.8 Å². The van der Waals surface area contributed by atoms with Crippen LogP contribution in [-0.2, 0) is 24.9 Å². The first kappa shape index (κ1) is 17.0. The maximum atomic E-state index is 12.9. The van der Waals surface area contributed by atoms with Crippen LogP contribution in [-0.4, -0.2) is 32.2 Å². The molecular weight excluding hydrogens is 340 g/mol. The molecule has 0 aliphatic carbocycles. The van der Waals surface area contributed by atoms with Gasteiger partial charge in [0.25, 0.3) is 5.56 Å². The normalized spacial score (nSPS) is 11.2. The van der Waals surface area contributed by atoms with Gasteiger partial charge in [-0.25, -0.2) is 4.68 Å². The second-order valence-electron chi connectivity index (χ2n) is 6.68. The fourth-order valence-corrected chi connectivity index (χ4v) is 3.42. The first-order valence-corrected chi connectivity index (χ1v) is 8.77. The minimum atomic E-state index is -0.257. The summed E-state index contributed by atoms with van der Waals surface area (Å²) in [5.74, 6) is -0.161. The molecule has 0 bridgehead atoms. The highest BCUT2D eigenvalue weighted by Crippen LogP contribution is 2.24. The monoisotopic (exact) mass is 360 g/mol. The number of rotatable bonds is 4. The zero-order valence-electron chi connectivity index (χ0n) is 15.3. The minimum Gasteiger partial charge on any atom is -0.340 e. The Balaban J connectivity index is 1.65. The maximum Gasteiger partial charge on any atom is 0.291 e. The van der Waals surface area contributed by atoms with Crippen molar-refractivity contribution in [2.45, 2.75) is 13.1 Å². The van der Waals surface area contributed by atoms with E-state index in [-0.39, 0.29) is 18.0 Å². The third-order valence-corrected chi connectivity index (χ3v) is 4.88. The van der Waals surface area contributed by atoms with E-state index in [1.165, 1.54) is 4.68 Å². The van der Waals surface area contributed by atoms with Crippen molar-refractivity contribution in [1.29, 1.82) is 0 Å². The van der Waals surface area contributed by atoms with Gasteiger partial charge in [0.2, 0.25) is 5.91 Å². The minimum absolute atomic E-state index is 0.0837. The SMILES string of the molecule is CN(Cc1ccccc1)C(=O)Cn1ncc2c3ccccc3n(C)c2c1=O. The Bertz CT molecular complexity index is 1190. The van der Waals surface area contributed by atoms with E-state index in [0.29, 0.717) is 12.1 Å². The van der Waals surface area contributed by atoms with Gasteiger partial charge in [0.1, 0.15) is 12.1 Å². The molecule has 0 unspecified atom stereocenters. The molecule has 0 atom stereocenters. The van der Waals surface area contributed by atoms with Crippen molar-refractivity contribution in [3.05, 3.63) is 76.7 Å². The standard InChI is InChI=1S/C21H20N4O2/c1-23(13-15-8-4-3-5-9-15)19(26)14-25-21(27)20-17(12-22-25)16-10-6-7-11-18(16)24(20)2/h3-12H,13-14H2,1-2H3. The predicted octanol–water partition coefficient (Wildman–Crippen LogP) is 2.55. The van der Waals surface area contributed by atoms with Crippen molar-refractivity contribution in [2.75, 3.05) is 7.05 Å². The Morgan fingerprint density at radius 1 is 1.04 bits per heavy atom. The number of hydrogen-bond acceptors (Lipinski definition) is 3.